The van der Waals surface area contributed by atoms with Crippen molar-refractivity contribution in [3.8, 4) is 0 Å². The summed E-state index contributed by atoms with van der Waals surface area (Å²) in [7, 11) is 1.56. The van der Waals surface area contributed by atoms with Crippen molar-refractivity contribution in [1.82, 2.24) is 5.16 Å². The Kier molecular flexibility index (Phi) is 4.26. The molecule has 0 saturated carbocycles. The highest BCUT2D eigenvalue weighted by molar-refractivity contribution is 5.93. The van der Waals surface area contributed by atoms with Gasteiger partial charge in [0.2, 0.25) is 11.8 Å². The van der Waals surface area contributed by atoms with E-state index in [1.54, 1.807) is 20.1 Å². The van der Waals surface area contributed by atoms with Crippen molar-refractivity contribution in [2.24, 2.45) is 5.73 Å². The van der Waals surface area contributed by atoms with Gasteiger partial charge in [0.25, 0.3) is 0 Å². The summed E-state index contributed by atoms with van der Waals surface area (Å²) in [6, 6.07) is 1.02. The fourth-order valence-corrected chi connectivity index (χ4v) is 1.01. The third kappa shape index (κ3) is 3.69. The molecule has 1 atom stereocenters. The van der Waals surface area contributed by atoms with Crippen LogP contribution in [0.2, 0.25) is 0 Å². The molecule has 0 radical (unpaired) electrons. The van der Waals surface area contributed by atoms with Crippen molar-refractivity contribution in [3.63, 3.8) is 0 Å². The maximum atomic E-state index is 11.4. The van der Waals surface area contributed by atoms with Crippen LogP contribution in [0, 0.1) is 6.92 Å². The van der Waals surface area contributed by atoms with Gasteiger partial charge in [-0.15, -0.1) is 0 Å². The van der Waals surface area contributed by atoms with Crippen LogP contribution in [0.5, 0.6) is 0 Å². The molecule has 3 N–H and O–H groups in total. The largest absolute Gasteiger partial charge is 0.385 e. The van der Waals surface area contributed by atoms with Crippen LogP contribution in [0.25, 0.3) is 0 Å². The third-order valence-corrected chi connectivity index (χ3v) is 1.84. The quantitative estimate of drug-likeness (QED) is 0.733. The number of rotatable bonds is 5. The lowest BCUT2D eigenvalue weighted by molar-refractivity contribution is -0.117. The van der Waals surface area contributed by atoms with Crippen LogP contribution in [0.4, 0.5) is 5.88 Å². The molecule has 1 heterocycles. The zero-order chi connectivity index (χ0) is 11.3. The van der Waals surface area contributed by atoms with Gasteiger partial charge in [-0.05, 0) is 13.3 Å². The van der Waals surface area contributed by atoms with Crippen molar-refractivity contribution >= 4 is 11.8 Å². The van der Waals surface area contributed by atoms with Gasteiger partial charge in [0.05, 0.1) is 11.7 Å². The molecule has 1 aromatic heterocycles. The van der Waals surface area contributed by atoms with Crippen LogP contribution in [-0.4, -0.2) is 30.8 Å². The molecule has 0 aliphatic carbocycles. The van der Waals surface area contributed by atoms with Crippen LogP contribution < -0.4 is 11.1 Å². The van der Waals surface area contributed by atoms with Gasteiger partial charge in [0.1, 0.15) is 0 Å². The molecule has 0 fully saturated rings. The first-order valence-electron chi connectivity index (χ1n) is 4.62. The molecule has 84 valence electrons. The van der Waals surface area contributed by atoms with Gasteiger partial charge in [-0.25, -0.2) is 0 Å². The molecule has 0 bridgehead atoms. The molecular weight excluding hydrogens is 198 g/mol. The van der Waals surface area contributed by atoms with Gasteiger partial charge < -0.3 is 15.0 Å². The summed E-state index contributed by atoms with van der Waals surface area (Å²) < 4.78 is 9.64. The summed E-state index contributed by atoms with van der Waals surface area (Å²) in [5.74, 6) is 0.00793. The molecule has 0 aliphatic heterocycles. The minimum Gasteiger partial charge on any atom is -0.385 e. The van der Waals surface area contributed by atoms with Gasteiger partial charge in [-0.3, -0.25) is 10.1 Å². The number of carbonyl (C=O) groups excluding carboxylic acids is 1. The lowest BCUT2D eigenvalue weighted by atomic mass is 10.2. The number of amides is 1. The maximum absolute atomic E-state index is 11.4. The van der Waals surface area contributed by atoms with E-state index < -0.39 is 6.04 Å². The van der Waals surface area contributed by atoms with Crippen molar-refractivity contribution in [2.75, 3.05) is 19.0 Å². The number of hydrogen-bond donors (Lipinski definition) is 2. The van der Waals surface area contributed by atoms with Crippen LogP contribution >= 0.6 is 0 Å². The smallest absolute Gasteiger partial charge is 0.243 e. The number of aromatic nitrogens is 1. The second-order valence-electron chi connectivity index (χ2n) is 3.21. The summed E-state index contributed by atoms with van der Waals surface area (Å²) in [6.45, 7) is 2.22. The fraction of sp³-hybridized carbons (Fsp3) is 0.556. The van der Waals surface area contributed by atoms with E-state index in [1.807, 2.05) is 0 Å². The summed E-state index contributed by atoms with van der Waals surface area (Å²) >= 11 is 0. The van der Waals surface area contributed by atoms with Crippen molar-refractivity contribution in [3.05, 3.63) is 11.8 Å². The summed E-state index contributed by atoms with van der Waals surface area (Å²) in [5, 5.41) is 6.16. The topological polar surface area (TPSA) is 90.4 Å². The molecule has 1 unspecified atom stereocenters. The molecule has 0 saturated heterocycles. The number of nitrogens with two attached hydrogens (primary N) is 1. The minimum absolute atomic E-state index is 0.303. The Labute approximate surface area is 87.8 Å². The number of nitrogens with zero attached hydrogens (tertiary/aromatic N) is 1. The van der Waals surface area contributed by atoms with E-state index in [-0.39, 0.29) is 5.91 Å². The zero-order valence-electron chi connectivity index (χ0n) is 8.82. The summed E-state index contributed by atoms with van der Waals surface area (Å²) in [6.07, 6.45) is 0.468. The number of ether oxygens (including phenoxy) is 1. The maximum Gasteiger partial charge on any atom is 0.243 e. The van der Waals surface area contributed by atoms with Gasteiger partial charge in [-0.2, -0.15) is 0 Å². The predicted octanol–water partition coefficient (Wildman–Crippen LogP) is 0.285. The third-order valence-electron chi connectivity index (χ3n) is 1.84. The second-order valence-corrected chi connectivity index (χ2v) is 3.21. The number of methoxy groups -OCH3 is 1. The zero-order valence-corrected chi connectivity index (χ0v) is 8.82. The van der Waals surface area contributed by atoms with Crippen LogP contribution in [0.1, 0.15) is 12.1 Å². The van der Waals surface area contributed by atoms with Crippen LogP contribution in [0.3, 0.4) is 0 Å². The number of nitrogens with one attached hydrogen (secondary N) is 1. The number of carbonyl (C=O) groups is 1. The monoisotopic (exact) mass is 213 g/mol. The SMILES string of the molecule is COCCC(N)C(=O)Nc1cc(C)no1. The second kappa shape index (κ2) is 5.47. The Balaban J connectivity index is 2.41. The lowest BCUT2D eigenvalue weighted by Crippen LogP contribution is -2.36. The average molecular weight is 213 g/mol. The molecule has 0 spiro atoms. The van der Waals surface area contributed by atoms with Gasteiger partial charge in [0, 0.05) is 19.8 Å². The van der Waals surface area contributed by atoms with Gasteiger partial charge >= 0.3 is 0 Å². The molecule has 6 nitrogen and oxygen atoms in total. The minimum atomic E-state index is -0.602. The van der Waals surface area contributed by atoms with E-state index in [9.17, 15) is 4.79 Å². The summed E-state index contributed by atoms with van der Waals surface area (Å²) in [5.41, 5.74) is 6.31. The Bertz CT molecular complexity index is 324. The van der Waals surface area contributed by atoms with E-state index in [1.165, 1.54) is 0 Å². The first kappa shape index (κ1) is 11.7. The first-order valence-corrected chi connectivity index (χ1v) is 4.62. The molecular formula is C9H15N3O3. The predicted molar refractivity (Wildman–Crippen MR) is 54.3 cm³/mol. The van der Waals surface area contributed by atoms with Crippen molar-refractivity contribution in [1.29, 1.82) is 0 Å². The molecule has 0 aromatic carbocycles. The Morgan fingerprint density at radius 3 is 3.07 bits per heavy atom. The number of anilines is 1. The standard InChI is InChI=1S/C9H15N3O3/c1-6-5-8(15-12-6)11-9(13)7(10)3-4-14-2/h5,7H,3-4,10H2,1-2H3,(H,11,13). The Morgan fingerprint density at radius 2 is 2.53 bits per heavy atom. The Morgan fingerprint density at radius 1 is 1.80 bits per heavy atom. The van der Waals surface area contributed by atoms with E-state index >= 15 is 0 Å². The van der Waals surface area contributed by atoms with E-state index in [2.05, 4.69) is 10.5 Å². The normalized spacial score (nSPS) is 12.5. The highest BCUT2D eigenvalue weighted by Crippen LogP contribution is 2.08. The molecule has 0 aliphatic rings. The van der Waals surface area contributed by atoms with Crippen LogP contribution in [-0.2, 0) is 9.53 Å². The van der Waals surface area contributed by atoms with Crippen molar-refractivity contribution in [2.45, 2.75) is 19.4 Å². The number of aryl methyl sites for hydroxylation is 1. The first-order chi connectivity index (χ1) is 7.13. The molecule has 15 heavy (non-hydrogen) atoms. The fourth-order valence-electron chi connectivity index (χ4n) is 1.01. The van der Waals surface area contributed by atoms with E-state index in [0.29, 0.717) is 24.6 Å². The highest BCUT2D eigenvalue weighted by atomic mass is 16.5. The molecule has 1 aromatic rings. The van der Waals surface area contributed by atoms with Crippen molar-refractivity contribution < 1.29 is 14.1 Å². The number of hydrogen-bond acceptors (Lipinski definition) is 5. The van der Waals surface area contributed by atoms with E-state index in [4.69, 9.17) is 15.0 Å². The Hall–Kier alpha value is -1.40. The lowest BCUT2D eigenvalue weighted by Gasteiger charge is -2.09. The molecule has 1 amide bonds. The highest BCUT2D eigenvalue weighted by Gasteiger charge is 2.14. The van der Waals surface area contributed by atoms with Gasteiger partial charge in [0.15, 0.2) is 0 Å². The average Bonchev–Trinajstić information content (AvgIpc) is 2.60. The molecule has 6 heteroatoms. The molecule has 1 rings (SSSR count). The van der Waals surface area contributed by atoms with Gasteiger partial charge in [-0.1, -0.05) is 5.16 Å². The van der Waals surface area contributed by atoms with Crippen LogP contribution in [0.15, 0.2) is 10.6 Å². The van der Waals surface area contributed by atoms with E-state index in [0.717, 1.165) is 0 Å². The summed E-state index contributed by atoms with van der Waals surface area (Å²) in [4.78, 5) is 11.4.